The van der Waals surface area contributed by atoms with Crippen molar-refractivity contribution in [2.24, 2.45) is 5.73 Å². The summed E-state index contributed by atoms with van der Waals surface area (Å²) < 4.78 is 0. The molecule has 3 heteroatoms. The van der Waals surface area contributed by atoms with Gasteiger partial charge in [-0.15, -0.1) is 0 Å². The highest BCUT2D eigenvalue weighted by atomic mass is 16.1. The number of rotatable bonds is 4. The average Bonchev–Trinajstić information content (AvgIpc) is 2.40. The molecule has 18 heavy (non-hydrogen) atoms. The van der Waals surface area contributed by atoms with E-state index in [0.717, 1.165) is 16.7 Å². The zero-order valence-corrected chi connectivity index (χ0v) is 10.4. The Kier molecular flexibility index (Phi) is 3.85. The van der Waals surface area contributed by atoms with Crippen molar-refractivity contribution in [3.05, 3.63) is 65.0 Å². The molecule has 0 aliphatic rings. The van der Waals surface area contributed by atoms with Crippen molar-refractivity contribution in [1.29, 1.82) is 0 Å². The first-order chi connectivity index (χ1) is 8.74. The maximum atomic E-state index is 12.5. The highest BCUT2D eigenvalue weighted by Gasteiger charge is 2.14. The lowest BCUT2D eigenvalue weighted by atomic mass is 9.95. The van der Waals surface area contributed by atoms with Crippen LogP contribution in [-0.2, 0) is 6.42 Å². The fraction of sp³-hybridized carbons (Fsp3) is 0.200. The van der Waals surface area contributed by atoms with Crippen LogP contribution in [-0.4, -0.2) is 17.3 Å². The highest BCUT2D eigenvalue weighted by Crippen LogP contribution is 2.16. The van der Waals surface area contributed by atoms with Crippen LogP contribution in [0.1, 0.15) is 27.0 Å². The molecule has 0 atom stereocenters. The Hall–Kier alpha value is -2.00. The fourth-order valence-corrected chi connectivity index (χ4v) is 1.96. The van der Waals surface area contributed by atoms with Crippen molar-refractivity contribution >= 4 is 5.78 Å². The molecule has 0 fully saturated rings. The van der Waals surface area contributed by atoms with Crippen molar-refractivity contribution in [3.63, 3.8) is 0 Å². The molecule has 0 spiro atoms. The predicted molar refractivity (Wildman–Crippen MR) is 71.6 cm³/mol. The van der Waals surface area contributed by atoms with Gasteiger partial charge in [-0.2, -0.15) is 0 Å². The summed E-state index contributed by atoms with van der Waals surface area (Å²) in [6, 6.07) is 9.45. The molecule has 3 nitrogen and oxygen atoms in total. The molecule has 0 bridgehead atoms. The van der Waals surface area contributed by atoms with E-state index in [1.54, 1.807) is 12.4 Å². The fourth-order valence-electron chi connectivity index (χ4n) is 1.96. The summed E-state index contributed by atoms with van der Waals surface area (Å²) in [5, 5.41) is 0. The third-order valence-corrected chi connectivity index (χ3v) is 2.96. The third-order valence-electron chi connectivity index (χ3n) is 2.96. The molecule has 92 valence electrons. The summed E-state index contributed by atoms with van der Waals surface area (Å²) in [6.07, 6.45) is 4.02. The zero-order valence-electron chi connectivity index (χ0n) is 10.4. The van der Waals surface area contributed by atoms with Crippen LogP contribution in [0.4, 0.5) is 0 Å². The first-order valence-corrected chi connectivity index (χ1v) is 5.97. The Bertz CT molecular complexity index is 564. The number of benzene rings is 1. The van der Waals surface area contributed by atoms with Crippen LogP contribution in [0.15, 0.2) is 42.7 Å². The van der Waals surface area contributed by atoms with Crippen molar-refractivity contribution in [2.45, 2.75) is 13.3 Å². The van der Waals surface area contributed by atoms with Gasteiger partial charge in [0.15, 0.2) is 5.78 Å². The number of pyridine rings is 1. The molecule has 0 aliphatic carbocycles. The number of ketones is 1. The van der Waals surface area contributed by atoms with Gasteiger partial charge in [0.2, 0.25) is 0 Å². The largest absolute Gasteiger partial charge is 0.330 e. The van der Waals surface area contributed by atoms with Crippen LogP contribution >= 0.6 is 0 Å². The van der Waals surface area contributed by atoms with E-state index in [2.05, 4.69) is 4.98 Å². The van der Waals surface area contributed by atoms with Crippen LogP contribution in [0, 0.1) is 6.92 Å². The monoisotopic (exact) mass is 240 g/mol. The van der Waals surface area contributed by atoms with E-state index in [0.29, 0.717) is 18.5 Å². The van der Waals surface area contributed by atoms with Gasteiger partial charge in [-0.3, -0.25) is 9.78 Å². The maximum absolute atomic E-state index is 12.5. The van der Waals surface area contributed by atoms with Crippen molar-refractivity contribution in [1.82, 2.24) is 4.98 Å². The molecule has 0 amide bonds. The molecule has 0 saturated carbocycles. The Morgan fingerprint density at radius 3 is 2.72 bits per heavy atom. The minimum Gasteiger partial charge on any atom is -0.330 e. The average molecular weight is 240 g/mol. The maximum Gasteiger partial charge on any atom is 0.195 e. The van der Waals surface area contributed by atoms with Gasteiger partial charge in [0.25, 0.3) is 0 Å². The van der Waals surface area contributed by atoms with E-state index < -0.39 is 0 Å². The van der Waals surface area contributed by atoms with E-state index in [1.807, 2.05) is 37.3 Å². The lowest BCUT2D eigenvalue weighted by Gasteiger charge is -2.09. The van der Waals surface area contributed by atoms with Gasteiger partial charge in [-0.25, -0.2) is 0 Å². The predicted octanol–water partition coefficient (Wildman–Crippen LogP) is 2.12. The summed E-state index contributed by atoms with van der Waals surface area (Å²) in [4.78, 5) is 16.5. The van der Waals surface area contributed by atoms with Crippen LogP contribution < -0.4 is 5.73 Å². The first-order valence-electron chi connectivity index (χ1n) is 5.97. The van der Waals surface area contributed by atoms with Crippen molar-refractivity contribution < 1.29 is 4.79 Å². The number of aromatic nitrogens is 1. The van der Waals surface area contributed by atoms with Crippen LogP contribution in [0.2, 0.25) is 0 Å². The summed E-state index contributed by atoms with van der Waals surface area (Å²) in [5.41, 5.74) is 8.89. The van der Waals surface area contributed by atoms with E-state index in [9.17, 15) is 4.79 Å². The molecular weight excluding hydrogens is 224 g/mol. The number of nitrogens with two attached hydrogens (primary N) is 1. The molecule has 2 rings (SSSR count). The number of carbonyl (C=O) groups excluding carboxylic acids is 1. The van der Waals surface area contributed by atoms with Crippen molar-refractivity contribution in [3.8, 4) is 0 Å². The number of hydrogen-bond acceptors (Lipinski definition) is 3. The molecule has 0 saturated heterocycles. The Morgan fingerprint density at radius 2 is 2.00 bits per heavy atom. The quantitative estimate of drug-likeness (QED) is 0.833. The summed E-state index contributed by atoms with van der Waals surface area (Å²) in [7, 11) is 0. The van der Waals surface area contributed by atoms with Gasteiger partial charge in [-0.1, -0.05) is 24.3 Å². The van der Waals surface area contributed by atoms with E-state index >= 15 is 0 Å². The summed E-state index contributed by atoms with van der Waals surface area (Å²) in [6.45, 7) is 2.46. The smallest absolute Gasteiger partial charge is 0.195 e. The van der Waals surface area contributed by atoms with Gasteiger partial charge in [0.05, 0.1) is 0 Å². The van der Waals surface area contributed by atoms with Gasteiger partial charge in [0, 0.05) is 23.5 Å². The molecule has 0 unspecified atom stereocenters. The van der Waals surface area contributed by atoms with Gasteiger partial charge in [-0.05, 0) is 37.1 Å². The van der Waals surface area contributed by atoms with Crippen molar-refractivity contribution in [2.75, 3.05) is 6.54 Å². The van der Waals surface area contributed by atoms with E-state index in [4.69, 9.17) is 5.73 Å². The second kappa shape index (κ2) is 5.56. The SMILES string of the molecule is Cc1ccncc1C(=O)c1ccccc1CCN. The molecule has 2 N–H and O–H groups in total. The summed E-state index contributed by atoms with van der Waals surface area (Å²) >= 11 is 0. The second-order valence-electron chi connectivity index (χ2n) is 4.22. The molecule has 2 aromatic rings. The normalized spacial score (nSPS) is 10.3. The van der Waals surface area contributed by atoms with E-state index in [-0.39, 0.29) is 5.78 Å². The van der Waals surface area contributed by atoms with Gasteiger partial charge >= 0.3 is 0 Å². The molecule has 1 aromatic carbocycles. The molecular formula is C15H16N2O. The minimum absolute atomic E-state index is 0.0182. The van der Waals surface area contributed by atoms with Crippen LogP contribution in [0.3, 0.4) is 0 Å². The Morgan fingerprint density at radius 1 is 1.22 bits per heavy atom. The topological polar surface area (TPSA) is 56.0 Å². The number of carbonyl (C=O) groups is 1. The number of nitrogens with zero attached hydrogens (tertiary/aromatic N) is 1. The van der Waals surface area contributed by atoms with Crippen LogP contribution in [0.5, 0.6) is 0 Å². The minimum atomic E-state index is 0.0182. The highest BCUT2D eigenvalue weighted by molar-refractivity contribution is 6.10. The summed E-state index contributed by atoms with van der Waals surface area (Å²) in [5.74, 6) is 0.0182. The Balaban J connectivity index is 2.43. The molecule has 1 heterocycles. The number of aryl methyl sites for hydroxylation is 1. The molecule has 0 aliphatic heterocycles. The van der Waals surface area contributed by atoms with Gasteiger partial charge in [0.1, 0.15) is 0 Å². The standard InChI is InChI=1S/C15H16N2O/c1-11-7-9-17-10-14(11)15(18)13-5-3-2-4-12(13)6-8-16/h2-5,7,9-10H,6,8,16H2,1H3. The third kappa shape index (κ3) is 2.46. The Labute approximate surface area is 107 Å². The van der Waals surface area contributed by atoms with E-state index in [1.165, 1.54) is 0 Å². The first kappa shape index (κ1) is 12.5. The zero-order chi connectivity index (χ0) is 13.0. The molecule has 0 radical (unpaired) electrons. The van der Waals surface area contributed by atoms with Gasteiger partial charge < -0.3 is 5.73 Å². The molecule has 1 aromatic heterocycles. The lowest BCUT2D eigenvalue weighted by molar-refractivity contribution is 0.103. The van der Waals surface area contributed by atoms with Crippen LogP contribution in [0.25, 0.3) is 0 Å². The second-order valence-corrected chi connectivity index (χ2v) is 4.22. The number of hydrogen-bond donors (Lipinski definition) is 1. The lowest BCUT2D eigenvalue weighted by Crippen LogP contribution is -2.11.